The van der Waals surface area contributed by atoms with Gasteiger partial charge in [-0.25, -0.2) is 0 Å². The van der Waals surface area contributed by atoms with Crippen molar-refractivity contribution in [3.63, 3.8) is 0 Å². The first kappa shape index (κ1) is 39.1. The van der Waals surface area contributed by atoms with E-state index in [0.29, 0.717) is 15.8 Å². The van der Waals surface area contributed by atoms with Crippen molar-refractivity contribution in [1.29, 1.82) is 0 Å². The predicted octanol–water partition coefficient (Wildman–Crippen LogP) is 3.38. The summed E-state index contributed by atoms with van der Waals surface area (Å²) in [5.41, 5.74) is 0. The molecule has 16 heteroatoms. The lowest BCUT2D eigenvalue weighted by molar-refractivity contribution is 0.378. The molecule has 0 aromatic heterocycles. The number of rotatable bonds is 6. The fraction of sp³-hybridized carbons (Fsp3) is 1.00. The van der Waals surface area contributed by atoms with Crippen LogP contribution in [0.4, 0.5) is 0 Å². The first-order valence-electron chi connectivity index (χ1n) is 8.12. The Labute approximate surface area is 173 Å². The molecular formula is C12H36O11P3S2+. The Kier molecular flexibility index (Phi) is 35.9. The van der Waals surface area contributed by atoms with E-state index in [-0.39, 0.29) is 0 Å². The largest absolute Gasteiger partial charge is 0.692 e. The molecule has 0 saturated carbocycles. The molecule has 0 aliphatic carbocycles. The summed E-state index contributed by atoms with van der Waals surface area (Å²) in [6.45, 7) is 13.7. The lowest BCUT2D eigenvalue weighted by Crippen LogP contribution is -1.89. The lowest BCUT2D eigenvalue weighted by atomic mass is 10.9. The average Bonchev–Trinajstić information content (AvgIpc) is 2.47. The van der Waals surface area contributed by atoms with Crippen molar-refractivity contribution in [2.45, 2.75) is 41.5 Å². The molecule has 28 heavy (non-hydrogen) atoms. The third-order valence-electron chi connectivity index (χ3n) is 2.68. The van der Waals surface area contributed by atoms with Gasteiger partial charge in [0.1, 0.15) is 0 Å². The van der Waals surface area contributed by atoms with E-state index in [0.717, 1.165) is 0 Å². The summed E-state index contributed by atoms with van der Waals surface area (Å²) in [7, 11) is -11.3. The maximum absolute atomic E-state index is 8.74. The monoisotopic (exact) mass is 513 g/mol. The second-order valence-corrected chi connectivity index (χ2v) is 13.2. The summed E-state index contributed by atoms with van der Waals surface area (Å²) in [6, 6.07) is 0. The summed E-state index contributed by atoms with van der Waals surface area (Å²) in [4.78, 5) is 14.2. The molecule has 0 saturated heterocycles. The minimum Gasteiger partial charge on any atom is -0.264 e. The van der Waals surface area contributed by atoms with Gasteiger partial charge in [0.2, 0.25) is 0 Å². The van der Waals surface area contributed by atoms with Crippen LogP contribution in [0, 0.1) is 0 Å². The van der Waals surface area contributed by atoms with Crippen molar-refractivity contribution in [2.75, 3.05) is 37.0 Å². The summed E-state index contributed by atoms with van der Waals surface area (Å²) in [5.74, 6) is 0. The van der Waals surface area contributed by atoms with Gasteiger partial charge in [-0.1, -0.05) is 41.5 Å². The molecule has 0 rings (SSSR count). The van der Waals surface area contributed by atoms with Gasteiger partial charge >= 0.3 is 29.1 Å². The first-order chi connectivity index (χ1) is 12.4. The maximum Gasteiger partial charge on any atom is 0.692 e. The zero-order valence-electron chi connectivity index (χ0n) is 17.1. The SMILES string of the molecule is CCP(CC)CC.CCP(CC)CC.O=S(=O)(O)O.O=S(=O)(O)O.O=[P+](O)O. The highest BCUT2D eigenvalue weighted by molar-refractivity contribution is 7.80. The van der Waals surface area contributed by atoms with Crippen LogP contribution in [0.15, 0.2) is 0 Å². The fourth-order valence-corrected chi connectivity index (χ4v) is 4.02. The smallest absolute Gasteiger partial charge is 0.264 e. The van der Waals surface area contributed by atoms with E-state index in [4.69, 9.17) is 49.4 Å². The Balaban J connectivity index is -0.0000000801. The van der Waals surface area contributed by atoms with Gasteiger partial charge in [-0.2, -0.15) is 16.8 Å². The van der Waals surface area contributed by atoms with Crippen molar-refractivity contribution < 1.29 is 49.4 Å². The Morgan fingerprint density at radius 1 is 0.571 bits per heavy atom. The first-order valence-corrected chi connectivity index (χ1v) is 15.9. The van der Waals surface area contributed by atoms with Crippen LogP contribution in [0.5, 0.6) is 0 Å². The minimum absolute atomic E-state index is 0.446. The van der Waals surface area contributed by atoms with Crippen LogP contribution in [0.2, 0.25) is 0 Å². The molecule has 0 spiro atoms. The van der Waals surface area contributed by atoms with Crippen LogP contribution in [-0.4, -0.2) is 81.8 Å². The normalized spacial score (nSPS) is 10.2. The Morgan fingerprint density at radius 3 is 0.643 bits per heavy atom. The van der Waals surface area contributed by atoms with E-state index in [1.165, 1.54) is 37.0 Å². The Bertz CT molecular complexity index is 446. The van der Waals surface area contributed by atoms with Crippen LogP contribution in [0.25, 0.3) is 0 Å². The second kappa shape index (κ2) is 25.7. The molecule has 6 N–H and O–H groups in total. The molecule has 11 nitrogen and oxygen atoms in total. The lowest BCUT2D eigenvalue weighted by Gasteiger charge is -2.07. The van der Waals surface area contributed by atoms with Gasteiger partial charge in [-0.15, -0.1) is 25.6 Å². The van der Waals surface area contributed by atoms with Crippen LogP contribution in [0.3, 0.4) is 0 Å². The van der Waals surface area contributed by atoms with Gasteiger partial charge in [0.15, 0.2) is 0 Å². The molecule has 0 atom stereocenters. The van der Waals surface area contributed by atoms with Crippen molar-refractivity contribution in [3.05, 3.63) is 0 Å². The van der Waals surface area contributed by atoms with Crippen LogP contribution in [0.1, 0.15) is 41.5 Å². The van der Waals surface area contributed by atoms with E-state index in [9.17, 15) is 0 Å². The van der Waals surface area contributed by atoms with Gasteiger partial charge in [0.25, 0.3) is 0 Å². The fourth-order valence-electron chi connectivity index (χ4n) is 1.34. The summed E-state index contributed by atoms with van der Waals surface area (Å²) in [5, 5.41) is 0. The van der Waals surface area contributed by atoms with Crippen molar-refractivity contribution in [3.8, 4) is 0 Å². The van der Waals surface area contributed by atoms with Gasteiger partial charge in [0, 0.05) is 4.57 Å². The highest BCUT2D eigenvalue weighted by atomic mass is 32.3. The van der Waals surface area contributed by atoms with Gasteiger partial charge in [-0.3, -0.25) is 18.2 Å². The van der Waals surface area contributed by atoms with Gasteiger partial charge in [0.05, 0.1) is 0 Å². The molecule has 0 aliphatic rings. The third kappa shape index (κ3) is 110. The molecule has 0 unspecified atom stereocenters. The highest BCUT2D eigenvalue weighted by Gasteiger charge is 1.95. The van der Waals surface area contributed by atoms with Crippen molar-refractivity contribution >= 4 is 44.9 Å². The zero-order valence-corrected chi connectivity index (χ0v) is 21.4. The quantitative estimate of drug-likeness (QED) is 0.224. The molecule has 0 aliphatic heterocycles. The van der Waals surface area contributed by atoms with Crippen LogP contribution < -0.4 is 0 Å². The van der Waals surface area contributed by atoms with Gasteiger partial charge < -0.3 is 0 Å². The van der Waals surface area contributed by atoms with E-state index >= 15 is 0 Å². The standard InChI is InChI=1S/2C6H15P.2H2O4S.HO3P/c2*1-4-7(5-2)6-3;2*1-5(2,3)4;1-4(2)3/h2*4-6H2,1-3H3;2*(H2,1,2,3,4);(H-,1,2,3)/p+1. The molecule has 0 fully saturated rings. The van der Waals surface area contributed by atoms with Crippen molar-refractivity contribution in [1.82, 2.24) is 0 Å². The topological polar surface area (TPSA) is 207 Å². The molecular weight excluding hydrogens is 477 g/mol. The van der Waals surface area contributed by atoms with Gasteiger partial charge in [-0.05, 0) is 37.0 Å². The summed E-state index contributed by atoms with van der Waals surface area (Å²) < 4.78 is 71.9. The zero-order chi connectivity index (χ0) is 24.0. The highest BCUT2D eigenvalue weighted by Crippen LogP contribution is 2.33. The van der Waals surface area contributed by atoms with Crippen LogP contribution >= 0.6 is 24.1 Å². The van der Waals surface area contributed by atoms with E-state index in [1.54, 1.807) is 0 Å². The second-order valence-electron chi connectivity index (χ2n) is 4.39. The van der Waals surface area contributed by atoms with E-state index < -0.39 is 29.1 Å². The molecule has 176 valence electrons. The van der Waals surface area contributed by atoms with E-state index in [1.807, 2.05) is 0 Å². The van der Waals surface area contributed by atoms with Crippen LogP contribution in [-0.2, 0) is 25.4 Å². The summed E-state index contributed by atoms with van der Waals surface area (Å²) in [6.07, 6.45) is 8.51. The summed E-state index contributed by atoms with van der Waals surface area (Å²) >= 11 is 0. The van der Waals surface area contributed by atoms with E-state index in [2.05, 4.69) is 41.5 Å². The molecule has 0 amide bonds. The minimum atomic E-state index is -4.67. The maximum atomic E-state index is 8.74. The predicted molar refractivity (Wildman–Crippen MR) is 117 cm³/mol. The molecule has 0 bridgehead atoms. The Hall–Kier alpha value is 0.620. The molecule has 0 heterocycles. The average molecular weight is 513 g/mol. The Morgan fingerprint density at radius 2 is 0.643 bits per heavy atom. The molecule has 0 radical (unpaired) electrons. The number of hydrogen-bond donors (Lipinski definition) is 6. The number of hydrogen-bond acceptors (Lipinski definition) is 5. The molecule has 0 aromatic carbocycles. The third-order valence-corrected chi connectivity index (χ3v) is 8.05. The molecule has 0 aromatic rings. The van der Waals surface area contributed by atoms with Crippen molar-refractivity contribution in [2.24, 2.45) is 0 Å².